The van der Waals surface area contributed by atoms with Crippen LogP contribution in [0.1, 0.15) is 6.42 Å². The Morgan fingerprint density at radius 3 is 2.63 bits per heavy atom. The topological polar surface area (TPSA) is 82.7 Å². The summed E-state index contributed by atoms with van der Waals surface area (Å²) in [4.78, 5) is 11.2. The number of ether oxygens (including phenoxy) is 3. The number of methoxy groups -OCH3 is 1. The normalized spacial score (nSPS) is 14.6. The van der Waals surface area contributed by atoms with Crippen molar-refractivity contribution in [1.29, 1.82) is 0 Å². The van der Waals surface area contributed by atoms with Crippen LogP contribution >= 0.6 is 11.8 Å². The number of nitrogen functional groups attached to an aromatic ring is 1. The Bertz CT molecular complexity index is 978. The lowest BCUT2D eigenvalue weighted by Crippen LogP contribution is -2.33. The lowest BCUT2D eigenvalue weighted by Gasteiger charge is -2.25. The molecule has 0 aliphatic carbocycles. The largest absolute Gasteiger partial charge is 0.493 e. The second kappa shape index (κ2) is 9.86. The molecule has 0 saturated carbocycles. The third-order valence-corrected chi connectivity index (χ3v) is 5.90. The molecule has 1 aromatic heterocycles. The molecule has 2 N–H and O–H groups in total. The van der Waals surface area contributed by atoms with Gasteiger partial charge in [-0.15, -0.1) is 0 Å². The van der Waals surface area contributed by atoms with Crippen LogP contribution in [0.3, 0.4) is 0 Å². The second-order valence-electron chi connectivity index (χ2n) is 7.03. The molecule has 2 aromatic carbocycles. The van der Waals surface area contributed by atoms with Crippen LogP contribution in [0.25, 0.3) is 10.9 Å². The molecule has 4 rings (SSSR count). The second-order valence-corrected chi connectivity index (χ2v) is 8.25. The number of thioether (sulfide) groups is 1. The fraction of sp³-hybridized carbons (Fsp3) is 0.364. The summed E-state index contributed by atoms with van der Waals surface area (Å²) in [6, 6.07) is 10.9. The first-order chi connectivity index (χ1) is 14.7. The first-order valence-corrected chi connectivity index (χ1v) is 11.2. The Morgan fingerprint density at radius 2 is 1.87 bits per heavy atom. The Hall–Kier alpha value is -2.71. The van der Waals surface area contributed by atoms with Crippen molar-refractivity contribution in [2.45, 2.75) is 6.42 Å². The van der Waals surface area contributed by atoms with Crippen LogP contribution < -0.4 is 19.9 Å². The zero-order valence-corrected chi connectivity index (χ0v) is 17.9. The van der Waals surface area contributed by atoms with E-state index in [0.29, 0.717) is 35.4 Å². The number of benzene rings is 2. The molecule has 30 heavy (non-hydrogen) atoms. The Kier molecular flexibility index (Phi) is 6.76. The molecule has 0 unspecified atom stereocenters. The minimum Gasteiger partial charge on any atom is -0.493 e. The van der Waals surface area contributed by atoms with Crippen molar-refractivity contribution in [3.05, 3.63) is 42.7 Å². The van der Waals surface area contributed by atoms with Gasteiger partial charge in [-0.25, -0.2) is 9.97 Å². The first-order valence-electron chi connectivity index (χ1n) is 10.0. The van der Waals surface area contributed by atoms with E-state index in [1.165, 1.54) is 17.8 Å². The number of fused-ring (bicyclic) bond motifs is 1. The number of hydrogen-bond acceptors (Lipinski definition) is 8. The van der Waals surface area contributed by atoms with Gasteiger partial charge in [0.2, 0.25) is 5.88 Å². The predicted molar refractivity (Wildman–Crippen MR) is 121 cm³/mol. The summed E-state index contributed by atoms with van der Waals surface area (Å²) in [5.41, 5.74) is 7.16. The summed E-state index contributed by atoms with van der Waals surface area (Å²) in [5.74, 6) is 4.86. The first kappa shape index (κ1) is 20.6. The minimum atomic E-state index is 0.456. The van der Waals surface area contributed by atoms with E-state index in [2.05, 4.69) is 14.9 Å². The highest BCUT2D eigenvalue weighted by atomic mass is 32.2. The minimum absolute atomic E-state index is 0.456. The van der Waals surface area contributed by atoms with E-state index in [9.17, 15) is 0 Å². The van der Waals surface area contributed by atoms with Crippen molar-refractivity contribution < 1.29 is 14.2 Å². The molecule has 3 aromatic rings. The summed E-state index contributed by atoms with van der Waals surface area (Å²) < 4.78 is 17.5. The number of anilines is 1. The molecule has 0 atom stereocenters. The van der Waals surface area contributed by atoms with Crippen LogP contribution in [0.4, 0.5) is 5.69 Å². The van der Waals surface area contributed by atoms with Crippen molar-refractivity contribution in [3.8, 4) is 23.1 Å². The number of hydrogen-bond donors (Lipinski definition) is 1. The Labute approximate surface area is 180 Å². The lowest BCUT2D eigenvalue weighted by atomic mass is 10.2. The molecular formula is C22H26N4O3S. The van der Waals surface area contributed by atoms with E-state index in [-0.39, 0.29) is 0 Å². The SMILES string of the molecule is COc1cc2c(Oc3ccc(N)cc3)ncnc2cc1OCCCN1CCSCC1. The van der Waals surface area contributed by atoms with E-state index in [1.54, 1.807) is 31.4 Å². The zero-order chi connectivity index (χ0) is 20.8. The maximum atomic E-state index is 6.03. The van der Waals surface area contributed by atoms with E-state index in [4.69, 9.17) is 19.9 Å². The van der Waals surface area contributed by atoms with Gasteiger partial charge in [0.05, 0.1) is 24.6 Å². The van der Waals surface area contributed by atoms with Gasteiger partial charge in [0, 0.05) is 42.9 Å². The van der Waals surface area contributed by atoms with Gasteiger partial charge < -0.3 is 24.8 Å². The summed E-state index contributed by atoms with van der Waals surface area (Å²) in [6.07, 6.45) is 2.46. The summed E-state index contributed by atoms with van der Waals surface area (Å²) >= 11 is 2.03. The van der Waals surface area contributed by atoms with E-state index in [1.807, 2.05) is 23.9 Å². The lowest BCUT2D eigenvalue weighted by molar-refractivity contribution is 0.242. The van der Waals surface area contributed by atoms with Crippen LogP contribution in [0.2, 0.25) is 0 Å². The zero-order valence-electron chi connectivity index (χ0n) is 17.0. The highest BCUT2D eigenvalue weighted by molar-refractivity contribution is 7.99. The quantitative estimate of drug-likeness (QED) is 0.430. The van der Waals surface area contributed by atoms with Crippen molar-refractivity contribution >= 4 is 28.4 Å². The van der Waals surface area contributed by atoms with Gasteiger partial charge in [-0.2, -0.15) is 11.8 Å². The molecule has 158 valence electrons. The van der Waals surface area contributed by atoms with Crippen molar-refractivity contribution in [1.82, 2.24) is 14.9 Å². The highest BCUT2D eigenvalue weighted by Crippen LogP contribution is 2.36. The maximum absolute atomic E-state index is 6.03. The van der Waals surface area contributed by atoms with E-state index in [0.717, 1.165) is 37.0 Å². The van der Waals surface area contributed by atoms with Gasteiger partial charge in [-0.1, -0.05) is 0 Å². The molecule has 8 heteroatoms. The molecule has 1 saturated heterocycles. The van der Waals surface area contributed by atoms with Crippen LogP contribution in [-0.2, 0) is 0 Å². The molecule has 1 aliphatic rings. The van der Waals surface area contributed by atoms with Crippen molar-refractivity contribution in [3.63, 3.8) is 0 Å². The molecule has 0 spiro atoms. The van der Waals surface area contributed by atoms with Gasteiger partial charge in [0.15, 0.2) is 11.5 Å². The standard InChI is InChI=1S/C22H26N4O3S/c1-27-20-13-18-19(14-21(20)28-10-2-7-26-8-11-30-12-9-26)24-15-25-22(18)29-17-5-3-16(23)4-6-17/h3-6,13-15H,2,7-12,23H2,1H3. The number of aromatic nitrogens is 2. The fourth-order valence-electron chi connectivity index (χ4n) is 3.34. The molecule has 1 fully saturated rings. The highest BCUT2D eigenvalue weighted by Gasteiger charge is 2.14. The fourth-order valence-corrected chi connectivity index (χ4v) is 4.32. The predicted octanol–water partition coefficient (Wildman–Crippen LogP) is 3.83. The van der Waals surface area contributed by atoms with Gasteiger partial charge in [-0.05, 0) is 36.8 Å². The third-order valence-electron chi connectivity index (χ3n) is 4.96. The Morgan fingerprint density at radius 1 is 1.07 bits per heavy atom. The molecule has 1 aliphatic heterocycles. The average molecular weight is 427 g/mol. The summed E-state index contributed by atoms with van der Waals surface area (Å²) in [7, 11) is 1.63. The van der Waals surface area contributed by atoms with Gasteiger partial charge in [-0.3, -0.25) is 0 Å². The van der Waals surface area contributed by atoms with Crippen LogP contribution in [0, 0.1) is 0 Å². The van der Waals surface area contributed by atoms with Crippen LogP contribution in [0.15, 0.2) is 42.7 Å². The number of nitrogens with two attached hydrogens (primary N) is 1. The molecule has 7 nitrogen and oxygen atoms in total. The monoisotopic (exact) mass is 426 g/mol. The van der Waals surface area contributed by atoms with E-state index < -0.39 is 0 Å². The third kappa shape index (κ3) is 5.06. The molecule has 2 heterocycles. The van der Waals surface area contributed by atoms with Gasteiger partial charge in [0.25, 0.3) is 0 Å². The van der Waals surface area contributed by atoms with E-state index >= 15 is 0 Å². The molecule has 0 amide bonds. The van der Waals surface area contributed by atoms with Gasteiger partial charge >= 0.3 is 0 Å². The molecule has 0 radical (unpaired) electrons. The van der Waals surface area contributed by atoms with Crippen molar-refractivity contribution in [2.24, 2.45) is 0 Å². The van der Waals surface area contributed by atoms with Crippen LogP contribution in [-0.4, -0.2) is 59.7 Å². The Balaban J connectivity index is 1.47. The average Bonchev–Trinajstić information content (AvgIpc) is 2.78. The molecular weight excluding hydrogens is 400 g/mol. The number of rotatable bonds is 8. The maximum Gasteiger partial charge on any atom is 0.230 e. The summed E-state index contributed by atoms with van der Waals surface area (Å²) in [6.45, 7) is 4.01. The smallest absolute Gasteiger partial charge is 0.230 e. The summed E-state index contributed by atoms with van der Waals surface area (Å²) in [5, 5.41) is 0.754. The van der Waals surface area contributed by atoms with Gasteiger partial charge in [0.1, 0.15) is 12.1 Å². The van der Waals surface area contributed by atoms with Crippen LogP contribution in [0.5, 0.6) is 23.1 Å². The number of nitrogens with zero attached hydrogens (tertiary/aromatic N) is 3. The molecule has 0 bridgehead atoms. The van der Waals surface area contributed by atoms with Crippen molar-refractivity contribution in [2.75, 3.05) is 50.6 Å².